The number of rotatable bonds is 6. The fourth-order valence-corrected chi connectivity index (χ4v) is 2.45. The first-order chi connectivity index (χ1) is 9.57. The molecule has 0 fully saturated rings. The van der Waals surface area contributed by atoms with Gasteiger partial charge in [0.1, 0.15) is 5.75 Å². The van der Waals surface area contributed by atoms with Gasteiger partial charge in [-0.1, -0.05) is 32.4 Å². The number of hydrogen-bond acceptors (Lipinski definition) is 2. The second-order valence-corrected chi connectivity index (χ2v) is 7.98. The van der Waals surface area contributed by atoms with Crippen molar-refractivity contribution in [3.8, 4) is 5.75 Å². The van der Waals surface area contributed by atoms with Crippen LogP contribution in [-0.2, 0) is 6.42 Å². The number of methoxy groups -OCH3 is 1. The highest BCUT2D eigenvalue weighted by Gasteiger charge is 2.31. The quantitative estimate of drug-likeness (QED) is 0.803. The van der Waals surface area contributed by atoms with Crippen LogP contribution in [0.2, 0.25) is 5.02 Å². The van der Waals surface area contributed by atoms with Gasteiger partial charge in [0.2, 0.25) is 0 Å². The molecular weight excluding hydrogens is 282 g/mol. The minimum absolute atomic E-state index is 0.120. The summed E-state index contributed by atoms with van der Waals surface area (Å²) in [4.78, 5) is 0. The van der Waals surface area contributed by atoms with Crippen LogP contribution in [0.15, 0.2) is 18.2 Å². The summed E-state index contributed by atoms with van der Waals surface area (Å²) in [6.45, 7) is 14.5. The summed E-state index contributed by atoms with van der Waals surface area (Å²) in [6, 6.07) is 5.86. The van der Waals surface area contributed by atoms with Crippen LogP contribution in [-0.4, -0.2) is 19.2 Å². The van der Waals surface area contributed by atoms with Gasteiger partial charge in [-0.3, -0.25) is 0 Å². The van der Waals surface area contributed by atoms with Gasteiger partial charge in [-0.15, -0.1) is 0 Å². The predicted octanol–water partition coefficient (Wildman–Crippen LogP) is 4.94. The van der Waals surface area contributed by atoms with Crippen molar-refractivity contribution in [2.24, 2.45) is 11.3 Å². The van der Waals surface area contributed by atoms with E-state index >= 15 is 0 Å². The van der Waals surface area contributed by atoms with Gasteiger partial charge in [-0.2, -0.15) is 0 Å². The zero-order valence-electron chi connectivity index (χ0n) is 14.5. The van der Waals surface area contributed by atoms with Crippen LogP contribution in [0.25, 0.3) is 0 Å². The minimum atomic E-state index is 0.120. The minimum Gasteiger partial charge on any atom is -0.496 e. The van der Waals surface area contributed by atoms with E-state index in [0.29, 0.717) is 5.92 Å². The van der Waals surface area contributed by atoms with Crippen LogP contribution in [0.5, 0.6) is 5.75 Å². The van der Waals surface area contributed by atoms with Crippen LogP contribution in [0, 0.1) is 11.3 Å². The highest BCUT2D eigenvalue weighted by Crippen LogP contribution is 2.35. The third-order valence-corrected chi connectivity index (χ3v) is 4.49. The predicted molar refractivity (Wildman–Crippen MR) is 92.4 cm³/mol. The lowest BCUT2D eigenvalue weighted by atomic mass is 9.73. The van der Waals surface area contributed by atoms with Crippen LogP contribution >= 0.6 is 11.6 Å². The lowest BCUT2D eigenvalue weighted by Gasteiger charge is -2.37. The van der Waals surface area contributed by atoms with Gasteiger partial charge in [0.05, 0.1) is 7.11 Å². The van der Waals surface area contributed by atoms with Crippen molar-refractivity contribution in [3.05, 3.63) is 28.8 Å². The van der Waals surface area contributed by atoms with Gasteiger partial charge >= 0.3 is 0 Å². The molecule has 0 amide bonds. The van der Waals surface area contributed by atoms with E-state index in [9.17, 15) is 0 Å². The first-order valence-corrected chi connectivity index (χ1v) is 8.02. The summed E-state index contributed by atoms with van der Waals surface area (Å²) in [7, 11) is 1.72. The molecule has 1 N–H and O–H groups in total. The van der Waals surface area contributed by atoms with Crippen LogP contribution < -0.4 is 10.1 Å². The van der Waals surface area contributed by atoms with E-state index < -0.39 is 0 Å². The Morgan fingerprint density at radius 1 is 1.19 bits per heavy atom. The van der Waals surface area contributed by atoms with Crippen molar-refractivity contribution >= 4 is 11.6 Å². The van der Waals surface area contributed by atoms with Crippen LogP contribution in [0.4, 0.5) is 0 Å². The second-order valence-electron chi connectivity index (χ2n) is 7.55. The van der Waals surface area contributed by atoms with E-state index in [-0.39, 0.29) is 11.0 Å². The molecule has 3 heteroatoms. The Kier molecular flexibility index (Phi) is 6.12. The fourth-order valence-electron chi connectivity index (χ4n) is 2.26. The van der Waals surface area contributed by atoms with E-state index in [2.05, 4.69) is 46.9 Å². The summed E-state index contributed by atoms with van der Waals surface area (Å²) in [5.74, 6) is 1.47. The summed E-state index contributed by atoms with van der Waals surface area (Å²) in [5.41, 5.74) is 1.44. The first-order valence-electron chi connectivity index (χ1n) is 7.65. The van der Waals surface area contributed by atoms with Gasteiger partial charge < -0.3 is 10.1 Å². The van der Waals surface area contributed by atoms with Crippen LogP contribution in [0.3, 0.4) is 0 Å². The number of nitrogens with one attached hydrogen (secondary N) is 1. The average molecular weight is 312 g/mol. The lowest BCUT2D eigenvalue weighted by molar-refractivity contribution is 0.186. The van der Waals surface area contributed by atoms with Crippen molar-refractivity contribution in [2.45, 2.75) is 53.5 Å². The molecule has 1 unspecified atom stereocenters. The molecule has 0 bridgehead atoms. The number of hydrogen-bond donors (Lipinski definition) is 1. The second kappa shape index (κ2) is 7.02. The third kappa shape index (κ3) is 5.52. The SMILES string of the molecule is COc1ccc(Cl)cc1CC(C)(CNC(C)(C)C)C(C)C. The normalized spacial score (nSPS) is 15.1. The first kappa shape index (κ1) is 18.3. The Balaban J connectivity index is 3.00. The lowest BCUT2D eigenvalue weighted by Crippen LogP contribution is -2.45. The zero-order valence-corrected chi connectivity index (χ0v) is 15.3. The molecule has 1 aromatic carbocycles. The van der Waals surface area contributed by atoms with Gasteiger partial charge in [0, 0.05) is 17.1 Å². The van der Waals surface area contributed by atoms with Crippen molar-refractivity contribution < 1.29 is 4.74 Å². The van der Waals surface area contributed by atoms with E-state index in [1.807, 2.05) is 18.2 Å². The standard InChI is InChI=1S/C18H30ClNO/c1-13(2)18(6,12-20-17(3,4)5)11-14-10-15(19)8-9-16(14)21-7/h8-10,13,20H,11-12H2,1-7H3. The molecule has 0 saturated carbocycles. The molecule has 2 nitrogen and oxygen atoms in total. The Morgan fingerprint density at radius 3 is 2.29 bits per heavy atom. The van der Waals surface area contributed by atoms with Gasteiger partial charge in [0.25, 0.3) is 0 Å². The van der Waals surface area contributed by atoms with E-state index in [1.165, 1.54) is 5.56 Å². The molecule has 0 aromatic heterocycles. The molecule has 0 spiro atoms. The summed E-state index contributed by atoms with van der Waals surface area (Å²) >= 11 is 6.16. The molecule has 0 aliphatic rings. The monoisotopic (exact) mass is 311 g/mol. The highest BCUT2D eigenvalue weighted by atomic mass is 35.5. The number of halogens is 1. The van der Waals surface area contributed by atoms with Gasteiger partial charge in [-0.25, -0.2) is 0 Å². The fraction of sp³-hybridized carbons (Fsp3) is 0.667. The maximum atomic E-state index is 6.16. The van der Waals surface area contributed by atoms with Crippen LogP contribution in [0.1, 0.15) is 47.1 Å². The summed E-state index contributed by atoms with van der Waals surface area (Å²) < 4.78 is 5.49. The largest absolute Gasteiger partial charge is 0.496 e. The third-order valence-electron chi connectivity index (χ3n) is 4.25. The maximum Gasteiger partial charge on any atom is 0.122 e. The highest BCUT2D eigenvalue weighted by molar-refractivity contribution is 6.30. The Hall–Kier alpha value is -0.730. The summed E-state index contributed by atoms with van der Waals surface area (Å²) in [6.07, 6.45) is 0.942. The molecule has 120 valence electrons. The van der Waals surface area contributed by atoms with E-state index in [1.54, 1.807) is 7.11 Å². The Labute approximate surface area is 135 Å². The Bertz CT molecular complexity index is 465. The molecule has 0 aliphatic carbocycles. The molecule has 0 heterocycles. The molecule has 1 atom stereocenters. The average Bonchev–Trinajstić information content (AvgIpc) is 2.36. The Morgan fingerprint density at radius 2 is 1.81 bits per heavy atom. The molecular formula is C18H30ClNO. The zero-order chi connectivity index (χ0) is 16.3. The smallest absolute Gasteiger partial charge is 0.122 e. The molecule has 1 rings (SSSR count). The van der Waals surface area contributed by atoms with Gasteiger partial charge in [0.15, 0.2) is 0 Å². The summed E-state index contributed by atoms with van der Waals surface area (Å²) in [5, 5.41) is 4.41. The number of benzene rings is 1. The van der Waals surface area contributed by atoms with E-state index in [0.717, 1.165) is 23.7 Å². The molecule has 0 radical (unpaired) electrons. The van der Waals surface area contributed by atoms with Crippen molar-refractivity contribution in [1.82, 2.24) is 5.32 Å². The number of ether oxygens (including phenoxy) is 1. The topological polar surface area (TPSA) is 21.3 Å². The van der Waals surface area contributed by atoms with Crippen molar-refractivity contribution in [2.75, 3.05) is 13.7 Å². The molecule has 21 heavy (non-hydrogen) atoms. The van der Waals surface area contributed by atoms with Gasteiger partial charge in [-0.05, 0) is 62.3 Å². The molecule has 0 saturated heterocycles. The maximum absolute atomic E-state index is 6.16. The van der Waals surface area contributed by atoms with Crippen molar-refractivity contribution in [3.63, 3.8) is 0 Å². The van der Waals surface area contributed by atoms with Crippen molar-refractivity contribution in [1.29, 1.82) is 0 Å². The molecule has 1 aromatic rings. The molecule has 0 aliphatic heterocycles. The van der Waals surface area contributed by atoms with E-state index in [4.69, 9.17) is 16.3 Å².